The quantitative estimate of drug-likeness (QED) is 0.805. The number of hydrogen-bond donors (Lipinski definition) is 0. The molecule has 1 aromatic heterocycles. The molecule has 0 radical (unpaired) electrons. The highest BCUT2D eigenvalue weighted by molar-refractivity contribution is 5.42. The zero-order chi connectivity index (χ0) is 14.9. The molecule has 1 fully saturated rings. The molecule has 1 aliphatic heterocycles. The molecule has 0 saturated carbocycles. The number of hydrogen-bond acceptors (Lipinski definition) is 3. The largest absolute Gasteiger partial charge is 0.304 e. The third kappa shape index (κ3) is 2.44. The Morgan fingerprint density at radius 3 is 2.55 bits per heavy atom. The third-order valence-electron chi connectivity index (χ3n) is 5.10. The number of piperazine rings is 1. The Bertz CT molecular complexity index is 612. The van der Waals surface area contributed by atoms with E-state index in [-0.39, 0.29) is 0 Å². The lowest BCUT2D eigenvalue weighted by Crippen LogP contribution is -2.46. The maximum atomic E-state index is 4.69. The van der Waals surface area contributed by atoms with Crippen molar-refractivity contribution in [2.75, 3.05) is 33.2 Å². The lowest BCUT2D eigenvalue weighted by molar-refractivity contribution is 0.127. The van der Waals surface area contributed by atoms with E-state index in [0.29, 0.717) is 6.04 Å². The predicted octanol–water partition coefficient (Wildman–Crippen LogP) is 2.52. The van der Waals surface area contributed by atoms with E-state index in [9.17, 15) is 0 Å². The summed E-state index contributed by atoms with van der Waals surface area (Å²) in [7, 11) is 2.22. The maximum Gasteiger partial charge on any atom is 0.0623 e. The fourth-order valence-corrected chi connectivity index (χ4v) is 3.83. The van der Waals surface area contributed by atoms with Gasteiger partial charge in [0, 0.05) is 38.1 Å². The highest BCUT2D eigenvalue weighted by Crippen LogP contribution is 2.36. The van der Waals surface area contributed by atoms with E-state index in [4.69, 9.17) is 0 Å². The molecule has 2 aromatic rings. The van der Waals surface area contributed by atoms with Gasteiger partial charge >= 0.3 is 0 Å². The van der Waals surface area contributed by atoms with Gasteiger partial charge in [-0.05, 0) is 42.6 Å². The second kappa shape index (κ2) is 5.82. The molecule has 0 amide bonds. The number of aryl methyl sites for hydroxylation is 2. The molecule has 1 unspecified atom stereocenters. The summed E-state index contributed by atoms with van der Waals surface area (Å²) in [6.45, 7) is 4.55. The lowest BCUT2D eigenvalue weighted by Gasteiger charge is -2.39. The monoisotopic (exact) mass is 293 g/mol. The number of benzene rings is 1. The van der Waals surface area contributed by atoms with Gasteiger partial charge in [0.1, 0.15) is 0 Å². The third-order valence-corrected chi connectivity index (χ3v) is 5.10. The van der Waals surface area contributed by atoms with Crippen LogP contribution in [0.5, 0.6) is 0 Å². The summed E-state index contributed by atoms with van der Waals surface area (Å²) in [5.74, 6) is 0. The number of aromatic nitrogens is 1. The van der Waals surface area contributed by atoms with Crippen molar-refractivity contribution >= 4 is 0 Å². The van der Waals surface area contributed by atoms with E-state index in [2.05, 4.69) is 58.2 Å². The van der Waals surface area contributed by atoms with Gasteiger partial charge in [0.25, 0.3) is 0 Å². The van der Waals surface area contributed by atoms with Crippen LogP contribution in [0.25, 0.3) is 0 Å². The second-order valence-corrected chi connectivity index (χ2v) is 6.48. The topological polar surface area (TPSA) is 19.4 Å². The first-order valence-corrected chi connectivity index (χ1v) is 8.27. The van der Waals surface area contributed by atoms with Crippen molar-refractivity contribution in [3.63, 3.8) is 0 Å². The molecular weight excluding hydrogens is 270 g/mol. The van der Waals surface area contributed by atoms with Crippen LogP contribution in [0.1, 0.15) is 28.4 Å². The van der Waals surface area contributed by atoms with E-state index in [1.807, 2.05) is 6.20 Å². The van der Waals surface area contributed by atoms with Crippen molar-refractivity contribution in [3.8, 4) is 0 Å². The van der Waals surface area contributed by atoms with Crippen LogP contribution in [-0.4, -0.2) is 48.0 Å². The number of rotatable bonds is 1. The summed E-state index contributed by atoms with van der Waals surface area (Å²) in [4.78, 5) is 9.75. The van der Waals surface area contributed by atoms with Crippen LogP contribution >= 0.6 is 0 Å². The van der Waals surface area contributed by atoms with E-state index in [1.54, 1.807) is 0 Å². The average molecular weight is 293 g/mol. The molecule has 0 spiro atoms. The first-order valence-electron chi connectivity index (χ1n) is 8.27. The van der Waals surface area contributed by atoms with Crippen LogP contribution in [0.4, 0.5) is 0 Å². The first kappa shape index (κ1) is 13.9. The summed E-state index contributed by atoms with van der Waals surface area (Å²) >= 11 is 0. The van der Waals surface area contributed by atoms with Crippen LogP contribution in [0.3, 0.4) is 0 Å². The Morgan fingerprint density at radius 1 is 0.909 bits per heavy atom. The van der Waals surface area contributed by atoms with Gasteiger partial charge in [-0.25, -0.2) is 0 Å². The molecule has 1 atom stereocenters. The van der Waals surface area contributed by atoms with Crippen molar-refractivity contribution in [1.29, 1.82) is 0 Å². The zero-order valence-corrected chi connectivity index (χ0v) is 13.2. The van der Waals surface area contributed by atoms with E-state index in [1.165, 1.54) is 22.4 Å². The molecule has 0 bridgehead atoms. The first-order chi connectivity index (χ1) is 10.8. The van der Waals surface area contributed by atoms with Crippen molar-refractivity contribution in [2.45, 2.75) is 18.9 Å². The SMILES string of the molecule is CN1CCN(C2c3ccccc3CCc3ncccc32)CC1. The van der Waals surface area contributed by atoms with Crippen molar-refractivity contribution in [1.82, 2.24) is 14.8 Å². The van der Waals surface area contributed by atoms with Crippen LogP contribution < -0.4 is 0 Å². The minimum atomic E-state index is 0.371. The number of nitrogens with zero attached hydrogens (tertiary/aromatic N) is 3. The summed E-state index contributed by atoms with van der Waals surface area (Å²) in [6.07, 6.45) is 4.09. The van der Waals surface area contributed by atoms with Gasteiger partial charge in [0.15, 0.2) is 0 Å². The van der Waals surface area contributed by atoms with Gasteiger partial charge in [-0.1, -0.05) is 30.3 Å². The van der Waals surface area contributed by atoms with Gasteiger partial charge in [-0.15, -0.1) is 0 Å². The van der Waals surface area contributed by atoms with Crippen LogP contribution in [0, 0.1) is 0 Å². The Hall–Kier alpha value is -1.71. The molecule has 1 aliphatic carbocycles. The molecular formula is C19H23N3. The Labute approximate surface area is 132 Å². The van der Waals surface area contributed by atoms with E-state index < -0.39 is 0 Å². The normalized spacial score (nSPS) is 22.7. The molecule has 0 N–H and O–H groups in total. The van der Waals surface area contributed by atoms with Crippen molar-refractivity contribution < 1.29 is 0 Å². The van der Waals surface area contributed by atoms with Crippen LogP contribution in [-0.2, 0) is 12.8 Å². The maximum absolute atomic E-state index is 4.69. The van der Waals surface area contributed by atoms with Gasteiger partial charge in [0.05, 0.1) is 6.04 Å². The van der Waals surface area contributed by atoms with Gasteiger partial charge in [-0.3, -0.25) is 9.88 Å². The minimum absolute atomic E-state index is 0.371. The van der Waals surface area contributed by atoms with Gasteiger partial charge in [-0.2, -0.15) is 0 Å². The van der Waals surface area contributed by atoms with Crippen LogP contribution in [0.15, 0.2) is 42.6 Å². The molecule has 1 saturated heterocycles. The summed E-state index contributed by atoms with van der Waals surface area (Å²) in [5, 5.41) is 0. The van der Waals surface area contributed by atoms with E-state index >= 15 is 0 Å². The standard InChI is InChI=1S/C19H23N3/c1-21-11-13-22(14-12-21)19-16-6-3-2-5-15(16)8-9-18-17(19)7-4-10-20-18/h2-7,10,19H,8-9,11-14H2,1H3. The van der Waals surface area contributed by atoms with Crippen molar-refractivity contribution in [3.05, 3.63) is 65.0 Å². The van der Waals surface area contributed by atoms with Gasteiger partial charge < -0.3 is 4.90 Å². The number of likely N-dealkylation sites (N-methyl/N-ethyl adjacent to an activating group) is 1. The number of pyridine rings is 1. The Kier molecular flexibility index (Phi) is 3.68. The fraction of sp³-hybridized carbons (Fsp3) is 0.421. The zero-order valence-electron chi connectivity index (χ0n) is 13.2. The fourth-order valence-electron chi connectivity index (χ4n) is 3.83. The van der Waals surface area contributed by atoms with E-state index in [0.717, 1.165) is 39.0 Å². The predicted molar refractivity (Wildman–Crippen MR) is 89.0 cm³/mol. The Morgan fingerprint density at radius 2 is 1.68 bits per heavy atom. The molecule has 3 heteroatoms. The molecule has 4 rings (SSSR count). The molecule has 2 aliphatic rings. The molecule has 114 valence electrons. The molecule has 3 nitrogen and oxygen atoms in total. The Balaban J connectivity index is 1.80. The second-order valence-electron chi connectivity index (χ2n) is 6.48. The lowest BCUT2D eigenvalue weighted by atomic mass is 9.94. The summed E-state index contributed by atoms with van der Waals surface area (Å²) < 4.78 is 0. The average Bonchev–Trinajstić information content (AvgIpc) is 2.73. The summed E-state index contributed by atoms with van der Waals surface area (Å²) in [5.41, 5.74) is 5.67. The minimum Gasteiger partial charge on any atom is -0.304 e. The highest BCUT2D eigenvalue weighted by Gasteiger charge is 2.30. The highest BCUT2D eigenvalue weighted by atomic mass is 15.3. The summed E-state index contributed by atoms with van der Waals surface area (Å²) in [6, 6.07) is 13.7. The van der Waals surface area contributed by atoms with Crippen molar-refractivity contribution in [2.24, 2.45) is 0 Å². The van der Waals surface area contributed by atoms with Gasteiger partial charge in [0.2, 0.25) is 0 Å². The van der Waals surface area contributed by atoms with Crippen LogP contribution in [0.2, 0.25) is 0 Å². The molecule has 22 heavy (non-hydrogen) atoms. The number of fused-ring (bicyclic) bond motifs is 2. The molecule has 1 aromatic carbocycles. The smallest absolute Gasteiger partial charge is 0.0623 e. The molecule has 2 heterocycles.